The standard InChI is InChI=1S/C29H32FN3O5/c30-16-23(31)18-6-8-19(9-7-18)28(35)33-13-12-22(17-4-2-1-3-5-17)26(33)27(34)32-21-10-11-24-20(14-21)15-25(38-24)29(36)37/h1-5,10-11,14-15,18-19,22-23,26H,6-9,12-13,16,31H2,(H,32,34)(H,36,37)/t18?,19?,22-,23?,26-/m0/s1. The Morgan fingerprint density at radius 3 is 2.47 bits per heavy atom. The van der Waals surface area contributed by atoms with Crippen molar-refractivity contribution in [3.63, 3.8) is 0 Å². The smallest absolute Gasteiger partial charge is 0.371 e. The van der Waals surface area contributed by atoms with Gasteiger partial charge in [-0.25, -0.2) is 9.18 Å². The lowest BCUT2D eigenvalue weighted by Crippen LogP contribution is -2.48. The van der Waals surface area contributed by atoms with E-state index in [4.69, 9.17) is 10.2 Å². The van der Waals surface area contributed by atoms with Crippen molar-refractivity contribution in [2.24, 2.45) is 17.6 Å². The normalized spacial score (nSPS) is 24.3. The highest BCUT2D eigenvalue weighted by atomic mass is 19.1. The van der Waals surface area contributed by atoms with Crippen molar-refractivity contribution >= 4 is 34.4 Å². The maximum absolute atomic E-state index is 13.7. The summed E-state index contributed by atoms with van der Waals surface area (Å²) in [6.07, 6.45) is 3.36. The number of benzene rings is 2. The Bertz CT molecular complexity index is 1320. The predicted molar refractivity (Wildman–Crippen MR) is 141 cm³/mol. The summed E-state index contributed by atoms with van der Waals surface area (Å²) in [7, 11) is 0. The van der Waals surface area contributed by atoms with Gasteiger partial charge < -0.3 is 25.5 Å². The summed E-state index contributed by atoms with van der Waals surface area (Å²) in [5.41, 5.74) is 7.80. The van der Waals surface area contributed by atoms with Gasteiger partial charge in [0.1, 0.15) is 18.3 Å². The molecule has 8 nitrogen and oxygen atoms in total. The van der Waals surface area contributed by atoms with Crippen LogP contribution in [-0.4, -0.2) is 53.1 Å². The quantitative estimate of drug-likeness (QED) is 0.419. The number of rotatable bonds is 7. The fraction of sp³-hybridized carbons (Fsp3) is 0.414. The predicted octanol–water partition coefficient (Wildman–Crippen LogP) is 4.56. The summed E-state index contributed by atoms with van der Waals surface area (Å²) in [6.45, 7) is -0.0816. The molecule has 4 N–H and O–H groups in total. The van der Waals surface area contributed by atoms with Crippen LogP contribution in [-0.2, 0) is 9.59 Å². The van der Waals surface area contributed by atoms with Crippen LogP contribution in [0.1, 0.15) is 54.1 Å². The second-order valence-electron chi connectivity index (χ2n) is 10.4. The van der Waals surface area contributed by atoms with Crippen LogP contribution in [0.3, 0.4) is 0 Å². The summed E-state index contributed by atoms with van der Waals surface area (Å²) in [5, 5.41) is 12.7. The lowest BCUT2D eigenvalue weighted by molar-refractivity contribution is -0.141. The summed E-state index contributed by atoms with van der Waals surface area (Å²) in [6, 6.07) is 14.9. The Morgan fingerprint density at radius 2 is 1.79 bits per heavy atom. The van der Waals surface area contributed by atoms with Crippen LogP contribution in [0.15, 0.2) is 59.0 Å². The Hall–Kier alpha value is -3.72. The van der Waals surface area contributed by atoms with E-state index in [1.165, 1.54) is 6.07 Å². The first-order chi connectivity index (χ1) is 18.4. The van der Waals surface area contributed by atoms with Crippen LogP contribution >= 0.6 is 0 Å². The molecule has 1 aliphatic heterocycles. The van der Waals surface area contributed by atoms with E-state index in [1.807, 2.05) is 30.3 Å². The number of nitrogens with one attached hydrogen (secondary N) is 1. The highest BCUT2D eigenvalue weighted by molar-refractivity contribution is 6.00. The second kappa shape index (κ2) is 10.9. The van der Waals surface area contributed by atoms with Gasteiger partial charge in [0, 0.05) is 35.5 Å². The number of anilines is 1. The maximum Gasteiger partial charge on any atom is 0.371 e. The number of carbonyl (C=O) groups is 3. The van der Waals surface area contributed by atoms with E-state index in [1.54, 1.807) is 23.1 Å². The van der Waals surface area contributed by atoms with Gasteiger partial charge in [-0.3, -0.25) is 9.59 Å². The molecule has 9 heteroatoms. The molecule has 200 valence electrons. The van der Waals surface area contributed by atoms with Crippen molar-refractivity contribution in [3.05, 3.63) is 65.9 Å². The van der Waals surface area contributed by atoms with Crippen molar-refractivity contribution in [1.82, 2.24) is 4.90 Å². The van der Waals surface area contributed by atoms with Gasteiger partial charge in [0.15, 0.2) is 0 Å². The molecule has 0 spiro atoms. The molecular formula is C29H32FN3O5. The lowest BCUT2D eigenvalue weighted by atomic mass is 9.78. The van der Waals surface area contributed by atoms with Gasteiger partial charge in [0.05, 0.1) is 0 Å². The third kappa shape index (κ3) is 5.15. The Morgan fingerprint density at radius 1 is 1.05 bits per heavy atom. The monoisotopic (exact) mass is 521 g/mol. The van der Waals surface area contributed by atoms with Crippen LogP contribution in [0, 0.1) is 11.8 Å². The zero-order chi connectivity index (χ0) is 26.8. The molecule has 1 saturated carbocycles. The fourth-order valence-electron chi connectivity index (χ4n) is 6.01. The van der Waals surface area contributed by atoms with Crippen LogP contribution in [0.5, 0.6) is 0 Å². The van der Waals surface area contributed by atoms with Gasteiger partial charge in [-0.2, -0.15) is 0 Å². The molecule has 1 saturated heterocycles. The number of amides is 2. The molecule has 0 radical (unpaired) electrons. The number of halogens is 1. The van der Waals surface area contributed by atoms with Crippen molar-refractivity contribution in [2.75, 3.05) is 18.5 Å². The molecule has 0 bridgehead atoms. The highest BCUT2D eigenvalue weighted by Gasteiger charge is 2.44. The maximum atomic E-state index is 13.7. The van der Waals surface area contributed by atoms with Gasteiger partial charge >= 0.3 is 5.97 Å². The van der Waals surface area contributed by atoms with Gasteiger partial charge in [0.25, 0.3) is 0 Å². The third-order valence-corrected chi connectivity index (χ3v) is 8.08. The fourth-order valence-corrected chi connectivity index (χ4v) is 6.01. The number of hydrogen-bond acceptors (Lipinski definition) is 5. The number of aromatic carboxylic acids is 1. The first-order valence-corrected chi connectivity index (χ1v) is 13.1. The number of furan rings is 1. The molecule has 2 fully saturated rings. The molecular weight excluding hydrogens is 489 g/mol. The molecule has 38 heavy (non-hydrogen) atoms. The molecule has 1 unspecified atom stereocenters. The minimum absolute atomic E-state index is 0.0350. The number of nitrogens with two attached hydrogens (primary N) is 1. The SMILES string of the molecule is NC(CF)C1CCC(C(=O)N2CC[C@@H](c3ccccc3)[C@H]2C(=O)Nc2ccc3oc(C(=O)O)cc3c2)CC1. The largest absolute Gasteiger partial charge is 0.475 e. The molecule has 2 heterocycles. The van der Waals surface area contributed by atoms with E-state index >= 15 is 0 Å². The minimum atomic E-state index is -1.17. The van der Waals surface area contributed by atoms with E-state index in [0.717, 1.165) is 5.56 Å². The number of carboxylic acid groups (broad SMARTS) is 1. The highest BCUT2D eigenvalue weighted by Crippen LogP contribution is 2.38. The Kier molecular flexibility index (Phi) is 7.46. The van der Waals surface area contributed by atoms with Crippen molar-refractivity contribution in [2.45, 2.75) is 50.1 Å². The molecule has 2 aromatic carbocycles. The lowest BCUT2D eigenvalue weighted by Gasteiger charge is -2.35. The van der Waals surface area contributed by atoms with Gasteiger partial charge in [-0.1, -0.05) is 30.3 Å². The number of alkyl halides is 1. The number of hydrogen-bond donors (Lipinski definition) is 3. The zero-order valence-corrected chi connectivity index (χ0v) is 21.0. The van der Waals surface area contributed by atoms with E-state index in [0.29, 0.717) is 55.3 Å². The van der Waals surface area contributed by atoms with E-state index in [9.17, 15) is 23.9 Å². The average Bonchev–Trinajstić information content (AvgIpc) is 3.58. The first kappa shape index (κ1) is 25.9. The minimum Gasteiger partial charge on any atom is -0.475 e. The van der Waals surface area contributed by atoms with Crippen LogP contribution in [0.4, 0.5) is 10.1 Å². The molecule has 1 aliphatic carbocycles. The average molecular weight is 522 g/mol. The topological polar surface area (TPSA) is 126 Å². The first-order valence-electron chi connectivity index (χ1n) is 13.1. The van der Waals surface area contributed by atoms with Crippen LogP contribution < -0.4 is 11.1 Å². The number of carbonyl (C=O) groups excluding carboxylic acids is 2. The summed E-state index contributed by atoms with van der Waals surface area (Å²) < 4.78 is 18.4. The summed E-state index contributed by atoms with van der Waals surface area (Å²) in [4.78, 5) is 40.4. The molecule has 3 atom stereocenters. The van der Waals surface area contributed by atoms with Gasteiger partial charge in [-0.15, -0.1) is 0 Å². The Labute approximate surface area is 220 Å². The van der Waals surface area contributed by atoms with Crippen molar-refractivity contribution in [1.29, 1.82) is 0 Å². The summed E-state index contributed by atoms with van der Waals surface area (Å²) in [5.74, 6) is -1.96. The summed E-state index contributed by atoms with van der Waals surface area (Å²) >= 11 is 0. The number of likely N-dealkylation sites (tertiary alicyclic amines) is 1. The van der Waals surface area contributed by atoms with E-state index in [2.05, 4.69) is 5.32 Å². The number of nitrogens with zero attached hydrogens (tertiary/aromatic N) is 1. The van der Waals surface area contributed by atoms with Gasteiger partial charge in [0.2, 0.25) is 17.6 Å². The molecule has 1 aromatic heterocycles. The molecule has 2 amide bonds. The molecule has 5 rings (SSSR count). The second-order valence-corrected chi connectivity index (χ2v) is 10.4. The third-order valence-electron chi connectivity index (χ3n) is 8.08. The molecule has 3 aromatic rings. The van der Waals surface area contributed by atoms with E-state index in [-0.39, 0.29) is 35.3 Å². The van der Waals surface area contributed by atoms with Crippen molar-refractivity contribution < 1.29 is 28.3 Å². The zero-order valence-electron chi connectivity index (χ0n) is 21.0. The Balaban J connectivity index is 1.37. The van der Waals surface area contributed by atoms with Crippen LogP contribution in [0.25, 0.3) is 11.0 Å². The van der Waals surface area contributed by atoms with Gasteiger partial charge in [-0.05, 0) is 67.9 Å². The number of fused-ring (bicyclic) bond motifs is 1. The number of carboxylic acids is 1. The van der Waals surface area contributed by atoms with Crippen LogP contribution in [0.2, 0.25) is 0 Å². The molecule has 2 aliphatic rings. The van der Waals surface area contributed by atoms with E-state index < -0.39 is 24.7 Å². The van der Waals surface area contributed by atoms with Crippen molar-refractivity contribution in [3.8, 4) is 0 Å².